The molecule has 0 aliphatic heterocycles. The maximum Gasteiger partial charge on any atom is 0.318 e. The Hall–Kier alpha value is -2.71. The Kier molecular flexibility index (Phi) is 3.50. The highest BCUT2D eigenvalue weighted by Crippen LogP contribution is 2.17. The molecule has 2 rings (SSSR count). The number of fused-ring (bicyclic) bond motifs is 1. The van der Waals surface area contributed by atoms with Crippen LogP contribution in [-0.2, 0) is 16.9 Å². The van der Waals surface area contributed by atoms with Gasteiger partial charge in [0.2, 0.25) is 5.91 Å². The number of primary amides is 1. The number of carbonyl (C=O) groups is 2. The number of nitrogens with zero attached hydrogens (tertiary/aromatic N) is 4. The van der Waals surface area contributed by atoms with Crippen molar-refractivity contribution in [2.45, 2.75) is 32.9 Å². The Morgan fingerprint density at radius 2 is 2.05 bits per heavy atom. The molecule has 2 aromatic rings. The molecule has 0 radical (unpaired) electrons. The highest BCUT2D eigenvalue weighted by atomic mass is 16.2. The van der Waals surface area contributed by atoms with Crippen LogP contribution in [0.15, 0.2) is 17.3 Å². The molecule has 21 heavy (non-hydrogen) atoms. The van der Waals surface area contributed by atoms with Gasteiger partial charge in [-0.05, 0) is 20.8 Å². The second kappa shape index (κ2) is 5.00. The van der Waals surface area contributed by atoms with Crippen molar-refractivity contribution >= 4 is 23.0 Å². The smallest absolute Gasteiger partial charge is 0.318 e. The normalized spacial score (nSPS) is 11.6. The summed E-state index contributed by atoms with van der Waals surface area (Å²) in [6.07, 6.45) is 2.66. The molecule has 112 valence electrons. The van der Waals surface area contributed by atoms with Crippen molar-refractivity contribution in [2.24, 2.45) is 5.73 Å². The maximum absolute atomic E-state index is 12.3. The molecule has 3 N–H and O–H groups in total. The monoisotopic (exact) mass is 292 g/mol. The molecule has 9 nitrogen and oxygen atoms in total. The lowest BCUT2D eigenvalue weighted by Crippen LogP contribution is -2.39. The van der Waals surface area contributed by atoms with Gasteiger partial charge >= 0.3 is 6.03 Å². The molecule has 0 spiro atoms. The summed E-state index contributed by atoms with van der Waals surface area (Å²) >= 11 is 0. The molecule has 9 heteroatoms. The van der Waals surface area contributed by atoms with Gasteiger partial charge in [-0.15, -0.1) is 0 Å². The van der Waals surface area contributed by atoms with Gasteiger partial charge in [-0.2, -0.15) is 5.10 Å². The van der Waals surface area contributed by atoms with E-state index >= 15 is 0 Å². The topological polar surface area (TPSA) is 125 Å². The molecule has 0 unspecified atom stereocenters. The number of amides is 3. The zero-order chi connectivity index (χ0) is 15.8. The third-order valence-corrected chi connectivity index (χ3v) is 2.77. The molecule has 3 amide bonds. The standard InChI is InChI=1S/C12H16N6O3/c1-12(2,3)18-9-7(4-15-18)10(20)17(6-14-9)5-8(19)16-11(13)21/h4,6H,5H2,1-3H3,(H3,13,16,19,21). The van der Waals surface area contributed by atoms with Crippen molar-refractivity contribution in [1.82, 2.24) is 24.6 Å². The fourth-order valence-electron chi connectivity index (χ4n) is 1.88. The minimum atomic E-state index is -0.970. The van der Waals surface area contributed by atoms with Crippen molar-refractivity contribution < 1.29 is 9.59 Å². The Bertz CT molecular complexity index is 767. The Morgan fingerprint density at radius 1 is 1.38 bits per heavy atom. The molecule has 0 aliphatic carbocycles. The number of carbonyl (C=O) groups excluding carboxylic acids is 2. The van der Waals surface area contributed by atoms with Gasteiger partial charge in [0.25, 0.3) is 5.56 Å². The molecule has 0 fully saturated rings. The van der Waals surface area contributed by atoms with Crippen LogP contribution in [0.2, 0.25) is 0 Å². The number of imide groups is 1. The van der Waals surface area contributed by atoms with Crippen LogP contribution in [0.4, 0.5) is 4.79 Å². The summed E-state index contributed by atoms with van der Waals surface area (Å²) in [5.74, 6) is -0.686. The van der Waals surface area contributed by atoms with Crippen LogP contribution < -0.4 is 16.6 Å². The maximum atomic E-state index is 12.3. The van der Waals surface area contributed by atoms with E-state index in [4.69, 9.17) is 5.73 Å². The summed E-state index contributed by atoms with van der Waals surface area (Å²) in [5, 5.41) is 6.35. The summed E-state index contributed by atoms with van der Waals surface area (Å²) in [4.78, 5) is 38.5. The van der Waals surface area contributed by atoms with Crippen LogP contribution in [0, 0.1) is 0 Å². The number of nitrogens with two attached hydrogens (primary N) is 1. The Morgan fingerprint density at radius 3 is 2.62 bits per heavy atom. The molecule has 2 heterocycles. The number of hydrogen-bond acceptors (Lipinski definition) is 5. The fraction of sp³-hybridized carbons (Fsp3) is 0.417. The fourth-order valence-corrected chi connectivity index (χ4v) is 1.88. The van der Waals surface area contributed by atoms with E-state index in [0.717, 1.165) is 4.57 Å². The van der Waals surface area contributed by atoms with Crippen LogP contribution in [0.3, 0.4) is 0 Å². The third kappa shape index (κ3) is 2.91. The summed E-state index contributed by atoms with van der Waals surface area (Å²) in [6, 6.07) is -0.970. The van der Waals surface area contributed by atoms with E-state index in [1.165, 1.54) is 12.5 Å². The van der Waals surface area contributed by atoms with Crippen molar-refractivity contribution in [3.8, 4) is 0 Å². The Labute approximate surface area is 119 Å². The number of nitrogens with one attached hydrogen (secondary N) is 1. The molecule has 0 aromatic carbocycles. The number of urea groups is 1. The molecule has 0 saturated carbocycles. The third-order valence-electron chi connectivity index (χ3n) is 2.77. The Balaban J connectivity index is 2.42. The van der Waals surface area contributed by atoms with Crippen LogP contribution in [0.5, 0.6) is 0 Å². The minimum absolute atomic E-state index is 0.305. The summed E-state index contributed by atoms with van der Waals surface area (Å²) < 4.78 is 2.73. The van der Waals surface area contributed by atoms with E-state index < -0.39 is 17.5 Å². The van der Waals surface area contributed by atoms with E-state index in [2.05, 4.69) is 10.1 Å². The van der Waals surface area contributed by atoms with E-state index in [9.17, 15) is 14.4 Å². The van der Waals surface area contributed by atoms with E-state index in [0.29, 0.717) is 11.0 Å². The van der Waals surface area contributed by atoms with Crippen molar-refractivity contribution in [2.75, 3.05) is 0 Å². The van der Waals surface area contributed by atoms with Crippen LogP contribution in [-0.4, -0.2) is 31.3 Å². The van der Waals surface area contributed by atoms with Gasteiger partial charge in [0.1, 0.15) is 18.3 Å². The predicted molar refractivity (Wildman–Crippen MR) is 74.5 cm³/mol. The molecule has 0 bridgehead atoms. The van der Waals surface area contributed by atoms with Gasteiger partial charge in [-0.3, -0.25) is 19.5 Å². The minimum Gasteiger partial charge on any atom is -0.351 e. The summed E-state index contributed by atoms with van der Waals surface area (Å²) in [5.41, 5.74) is 4.55. The van der Waals surface area contributed by atoms with Crippen molar-refractivity contribution in [3.63, 3.8) is 0 Å². The van der Waals surface area contributed by atoms with Gasteiger partial charge in [-0.25, -0.2) is 14.5 Å². The molecule has 0 aliphatic rings. The highest BCUT2D eigenvalue weighted by molar-refractivity contribution is 5.93. The quantitative estimate of drug-likeness (QED) is 0.775. The highest BCUT2D eigenvalue weighted by Gasteiger charge is 2.20. The molecule has 0 saturated heterocycles. The van der Waals surface area contributed by atoms with Gasteiger partial charge < -0.3 is 5.73 Å². The number of rotatable bonds is 2. The summed E-state index contributed by atoms with van der Waals surface area (Å²) in [6.45, 7) is 5.47. The lowest BCUT2D eigenvalue weighted by Gasteiger charge is -2.19. The molecular weight excluding hydrogens is 276 g/mol. The molecule has 2 aromatic heterocycles. The van der Waals surface area contributed by atoms with E-state index in [1.807, 2.05) is 26.1 Å². The van der Waals surface area contributed by atoms with Crippen molar-refractivity contribution in [1.29, 1.82) is 0 Å². The first-order valence-corrected chi connectivity index (χ1v) is 6.23. The largest absolute Gasteiger partial charge is 0.351 e. The second-order valence-electron chi connectivity index (χ2n) is 5.55. The van der Waals surface area contributed by atoms with Gasteiger partial charge in [0, 0.05) is 0 Å². The number of hydrogen-bond donors (Lipinski definition) is 2. The van der Waals surface area contributed by atoms with E-state index in [-0.39, 0.29) is 12.1 Å². The zero-order valence-corrected chi connectivity index (χ0v) is 12.0. The van der Waals surface area contributed by atoms with Crippen LogP contribution in [0.1, 0.15) is 20.8 Å². The second-order valence-corrected chi connectivity index (χ2v) is 5.55. The zero-order valence-electron chi connectivity index (χ0n) is 12.0. The number of aromatic nitrogens is 4. The van der Waals surface area contributed by atoms with Gasteiger partial charge in [-0.1, -0.05) is 0 Å². The van der Waals surface area contributed by atoms with Crippen LogP contribution >= 0.6 is 0 Å². The van der Waals surface area contributed by atoms with Gasteiger partial charge in [0.15, 0.2) is 5.65 Å². The van der Waals surface area contributed by atoms with Crippen LogP contribution in [0.25, 0.3) is 11.0 Å². The van der Waals surface area contributed by atoms with E-state index in [1.54, 1.807) is 4.68 Å². The average molecular weight is 292 g/mol. The summed E-state index contributed by atoms with van der Waals surface area (Å²) in [7, 11) is 0. The lowest BCUT2D eigenvalue weighted by atomic mass is 10.1. The first kappa shape index (κ1) is 14.7. The van der Waals surface area contributed by atoms with Crippen molar-refractivity contribution in [3.05, 3.63) is 22.9 Å². The predicted octanol–water partition coefficient (Wildman–Crippen LogP) is -0.457. The molecule has 0 atom stereocenters. The molecular formula is C12H16N6O3. The van der Waals surface area contributed by atoms with Gasteiger partial charge in [0.05, 0.1) is 11.7 Å². The first-order chi connectivity index (χ1) is 9.70. The first-order valence-electron chi connectivity index (χ1n) is 6.23. The SMILES string of the molecule is CC(C)(C)n1ncc2c(=O)n(CC(=O)NC(N)=O)cnc21. The lowest BCUT2D eigenvalue weighted by molar-refractivity contribution is -0.120. The average Bonchev–Trinajstić information content (AvgIpc) is 2.76.